The summed E-state index contributed by atoms with van der Waals surface area (Å²) >= 11 is 0. The van der Waals surface area contributed by atoms with Gasteiger partial charge in [0, 0.05) is 46.1 Å². The van der Waals surface area contributed by atoms with Crippen molar-refractivity contribution in [3.05, 3.63) is 18.2 Å². The highest BCUT2D eigenvalue weighted by molar-refractivity contribution is 4.93. The number of aliphatic hydroxyl groups excluding tert-OH is 1. The molecule has 0 aliphatic heterocycles. The van der Waals surface area contributed by atoms with Gasteiger partial charge in [0.1, 0.15) is 5.82 Å². The molecule has 5 nitrogen and oxygen atoms in total. The van der Waals surface area contributed by atoms with E-state index in [4.69, 9.17) is 4.74 Å². The van der Waals surface area contributed by atoms with E-state index < -0.39 is 6.10 Å². The van der Waals surface area contributed by atoms with Crippen LogP contribution < -0.4 is 5.32 Å². The van der Waals surface area contributed by atoms with Gasteiger partial charge < -0.3 is 19.7 Å². The molecule has 0 aromatic carbocycles. The Bertz CT molecular complexity index is 275. The number of aryl methyl sites for hydroxylation is 1. The molecule has 0 aliphatic rings. The van der Waals surface area contributed by atoms with Crippen molar-refractivity contribution in [1.29, 1.82) is 0 Å². The molecule has 0 saturated heterocycles. The fourth-order valence-corrected chi connectivity index (χ4v) is 1.32. The minimum atomic E-state index is -0.400. The van der Waals surface area contributed by atoms with Crippen LogP contribution in [0.4, 0.5) is 0 Å². The minimum absolute atomic E-state index is 0.400. The topological polar surface area (TPSA) is 59.3 Å². The lowest BCUT2D eigenvalue weighted by atomic mass is 10.2. The Hall–Kier alpha value is -0.910. The molecule has 1 rings (SSSR count). The summed E-state index contributed by atoms with van der Waals surface area (Å²) in [5, 5.41) is 12.8. The van der Waals surface area contributed by atoms with Crippen molar-refractivity contribution in [2.45, 2.75) is 12.5 Å². The summed E-state index contributed by atoms with van der Waals surface area (Å²) in [5.41, 5.74) is 0. The van der Waals surface area contributed by atoms with E-state index in [2.05, 4.69) is 10.3 Å². The minimum Gasteiger partial charge on any atom is -0.391 e. The van der Waals surface area contributed by atoms with Gasteiger partial charge in [-0.05, 0) is 0 Å². The third kappa shape index (κ3) is 4.42. The molecule has 0 spiro atoms. The average molecular weight is 213 g/mol. The molecule has 1 atom stereocenters. The molecule has 1 aromatic heterocycles. The van der Waals surface area contributed by atoms with E-state index in [1.165, 1.54) is 0 Å². The zero-order valence-corrected chi connectivity index (χ0v) is 9.31. The number of aromatic nitrogens is 2. The summed E-state index contributed by atoms with van der Waals surface area (Å²) in [6.07, 6.45) is 3.78. The number of aliphatic hydroxyl groups is 1. The number of ether oxygens (including phenoxy) is 1. The molecule has 5 heteroatoms. The first-order valence-corrected chi connectivity index (χ1v) is 5.08. The lowest BCUT2D eigenvalue weighted by Crippen LogP contribution is -2.31. The smallest absolute Gasteiger partial charge is 0.111 e. The van der Waals surface area contributed by atoms with Crippen molar-refractivity contribution in [3.8, 4) is 0 Å². The predicted molar refractivity (Wildman–Crippen MR) is 57.7 cm³/mol. The fraction of sp³-hybridized carbons (Fsp3) is 0.700. The summed E-state index contributed by atoms with van der Waals surface area (Å²) in [5.74, 6) is 0.899. The van der Waals surface area contributed by atoms with Crippen LogP contribution >= 0.6 is 0 Å². The van der Waals surface area contributed by atoms with E-state index in [1.807, 2.05) is 17.8 Å². The SMILES string of the molecule is COCCNCC(O)Cc1nccn1C. The number of imidazole rings is 1. The van der Waals surface area contributed by atoms with Gasteiger partial charge in [-0.3, -0.25) is 0 Å². The van der Waals surface area contributed by atoms with Crippen molar-refractivity contribution in [2.75, 3.05) is 26.8 Å². The van der Waals surface area contributed by atoms with Crippen molar-refractivity contribution >= 4 is 0 Å². The van der Waals surface area contributed by atoms with Crippen LogP contribution in [-0.4, -0.2) is 47.6 Å². The number of hydrogen-bond acceptors (Lipinski definition) is 4. The van der Waals surface area contributed by atoms with E-state index >= 15 is 0 Å². The van der Waals surface area contributed by atoms with Crippen LogP contribution in [0.3, 0.4) is 0 Å². The molecule has 2 N–H and O–H groups in total. The number of rotatable bonds is 7. The first kappa shape index (κ1) is 12.2. The Kier molecular flexibility index (Phi) is 5.31. The van der Waals surface area contributed by atoms with Gasteiger partial charge >= 0.3 is 0 Å². The maximum Gasteiger partial charge on any atom is 0.111 e. The molecule has 1 unspecified atom stereocenters. The van der Waals surface area contributed by atoms with E-state index in [-0.39, 0.29) is 0 Å². The van der Waals surface area contributed by atoms with Crippen LogP contribution in [-0.2, 0) is 18.2 Å². The number of nitrogens with zero attached hydrogens (tertiary/aromatic N) is 2. The summed E-state index contributed by atoms with van der Waals surface area (Å²) < 4.78 is 6.80. The van der Waals surface area contributed by atoms with Gasteiger partial charge in [0.15, 0.2) is 0 Å². The molecule has 15 heavy (non-hydrogen) atoms. The molecular weight excluding hydrogens is 194 g/mol. The average Bonchev–Trinajstić information content (AvgIpc) is 2.59. The molecule has 0 bridgehead atoms. The van der Waals surface area contributed by atoms with Crippen LogP contribution in [0, 0.1) is 0 Å². The van der Waals surface area contributed by atoms with E-state index in [0.29, 0.717) is 19.6 Å². The van der Waals surface area contributed by atoms with Gasteiger partial charge in [0.25, 0.3) is 0 Å². The Labute approximate surface area is 90.1 Å². The molecule has 86 valence electrons. The fourth-order valence-electron chi connectivity index (χ4n) is 1.32. The largest absolute Gasteiger partial charge is 0.391 e. The Morgan fingerprint density at radius 2 is 2.47 bits per heavy atom. The number of hydrogen-bond donors (Lipinski definition) is 2. The predicted octanol–water partition coefficient (Wildman–Crippen LogP) is -0.441. The van der Waals surface area contributed by atoms with Crippen molar-refractivity contribution in [1.82, 2.24) is 14.9 Å². The second-order valence-electron chi connectivity index (χ2n) is 3.51. The highest BCUT2D eigenvalue weighted by Gasteiger charge is 2.07. The van der Waals surface area contributed by atoms with E-state index in [1.54, 1.807) is 13.3 Å². The zero-order valence-electron chi connectivity index (χ0n) is 9.31. The lowest BCUT2D eigenvalue weighted by Gasteiger charge is -2.11. The highest BCUT2D eigenvalue weighted by Crippen LogP contribution is 1.98. The second kappa shape index (κ2) is 6.55. The third-order valence-electron chi connectivity index (χ3n) is 2.20. The standard InChI is InChI=1S/C10H19N3O2/c1-13-5-3-12-10(13)7-9(14)8-11-4-6-15-2/h3,5,9,11,14H,4,6-8H2,1-2H3. The Balaban J connectivity index is 2.18. The van der Waals surface area contributed by atoms with Crippen LogP contribution in [0.15, 0.2) is 12.4 Å². The van der Waals surface area contributed by atoms with Gasteiger partial charge in [-0.25, -0.2) is 4.98 Å². The van der Waals surface area contributed by atoms with E-state index in [0.717, 1.165) is 12.4 Å². The molecule has 0 aliphatic carbocycles. The van der Waals surface area contributed by atoms with Crippen LogP contribution in [0.25, 0.3) is 0 Å². The quantitative estimate of drug-likeness (QED) is 0.603. The molecule has 1 heterocycles. The van der Waals surface area contributed by atoms with Gasteiger partial charge in [0.05, 0.1) is 12.7 Å². The molecule has 0 fully saturated rings. The van der Waals surface area contributed by atoms with E-state index in [9.17, 15) is 5.11 Å². The van der Waals surface area contributed by atoms with Crippen LogP contribution in [0.2, 0.25) is 0 Å². The second-order valence-corrected chi connectivity index (χ2v) is 3.51. The number of methoxy groups -OCH3 is 1. The summed E-state index contributed by atoms with van der Waals surface area (Å²) in [6, 6.07) is 0. The Morgan fingerprint density at radius 3 is 3.07 bits per heavy atom. The first-order chi connectivity index (χ1) is 7.24. The van der Waals surface area contributed by atoms with Crippen LogP contribution in [0.5, 0.6) is 0 Å². The lowest BCUT2D eigenvalue weighted by molar-refractivity contribution is 0.157. The van der Waals surface area contributed by atoms with Crippen LogP contribution in [0.1, 0.15) is 5.82 Å². The molecule has 1 aromatic rings. The summed E-state index contributed by atoms with van der Waals surface area (Å²) in [7, 11) is 3.58. The molecule has 0 amide bonds. The van der Waals surface area contributed by atoms with Gasteiger partial charge in [0.2, 0.25) is 0 Å². The summed E-state index contributed by atoms with van der Waals surface area (Å²) in [4.78, 5) is 4.15. The van der Waals surface area contributed by atoms with Gasteiger partial charge in [-0.2, -0.15) is 0 Å². The maximum absolute atomic E-state index is 9.69. The number of nitrogens with one attached hydrogen (secondary N) is 1. The summed E-state index contributed by atoms with van der Waals surface area (Å²) in [6.45, 7) is 1.99. The van der Waals surface area contributed by atoms with Crippen molar-refractivity contribution in [2.24, 2.45) is 7.05 Å². The molecule has 0 saturated carbocycles. The Morgan fingerprint density at radius 1 is 1.67 bits per heavy atom. The third-order valence-corrected chi connectivity index (χ3v) is 2.20. The van der Waals surface area contributed by atoms with Crippen molar-refractivity contribution < 1.29 is 9.84 Å². The maximum atomic E-state index is 9.69. The molecule has 0 radical (unpaired) electrons. The zero-order chi connectivity index (χ0) is 11.1. The van der Waals surface area contributed by atoms with Gasteiger partial charge in [-0.1, -0.05) is 0 Å². The van der Waals surface area contributed by atoms with Gasteiger partial charge in [-0.15, -0.1) is 0 Å². The van der Waals surface area contributed by atoms with Crippen molar-refractivity contribution in [3.63, 3.8) is 0 Å². The molecular formula is C10H19N3O2. The monoisotopic (exact) mass is 213 g/mol. The normalized spacial score (nSPS) is 13.0. The highest BCUT2D eigenvalue weighted by atomic mass is 16.5. The first-order valence-electron chi connectivity index (χ1n) is 5.08.